The van der Waals surface area contributed by atoms with Gasteiger partial charge in [-0.05, 0) is 33.6 Å². The summed E-state index contributed by atoms with van der Waals surface area (Å²) in [5.41, 5.74) is 5.50. The van der Waals surface area contributed by atoms with Gasteiger partial charge in [-0.1, -0.05) is 0 Å². The summed E-state index contributed by atoms with van der Waals surface area (Å²) in [5, 5.41) is 0. The van der Waals surface area contributed by atoms with E-state index in [1.165, 1.54) is 0 Å². The van der Waals surface area contributed by atoms with Gasteiger partial charge in [0.1, 0.15) is 6.10 Å². The summed E-state index contributed by atoms with van der Waals surface area (Å²) in [6.07, 6.45) is 1.79. The zero-order valence-corrected chi connectivity index (χ0v) is 9.90. The maximum atomic E-state index is 12.1. The van der Waals surface area contributed by atoms with Crippen LogP contribution in [0.15, 0.2) is 0 Å². The zero-order chi connectivity index (χ0) is 11.4. The van der Waals surface area contributed by atoms with Crippen molar-refractivity contribution in [2.75, 3.05) is 13.1 Å². The number of carbonyl (C=O) groups excluding carboxylic acids is 1. The van der Waals surface area contributed by atoms with Crippen LogP contribution in [0.2, 0.25) is 0 Å². The van der Waals surface area contributed by atoms with Gasteiger partial charge >= 0.3 is 0 Å². The lowest BCUT2D eigenvalue weighted by molar-refractivity contribution is -0.144. The molecular formula is C11H22N2O2. The minimum Gasteiger partial charge on any atom is -0.365 e. The van der Waals surface area contributed by atoms with Crippen molar-refractivity contribution < 1.29 is 9.53 Å². The Labute approximate surface area is 91.8 Å². The van der Waals surface area contributed by atoms with Crippen molar-refractivity contribution in [3.63, 3.8) is 0 Å². The monoisotopic (exact) mass is 214 g/mol. The Hall–Kier alpha value is -0.610. The molecule has 0 spiro atoms. The SMILES string of the molecule is CC1CCC(C(=O)N(CCN)C(C)C)O1. The van der Waals surface area contributed by atoms with Crippen molar-refractivity contribution in [2.24, 2.45) is 5.73 Å². The quantitative estimate of drug-likeness (QED) is 0.751. The van der Waals surface area contributed by atoms with E-state index in [1.54, 1.807) is 0 Å². The van der Waals surface area contributed by atoms with Gasteiger partial charge in [0, 0.05) is 19.1 Å². The molecule has 4 nitrogen and oxygen atoms in total. The maximum absolute atomic E-state index is 12.1. The van der Waals surface area contributed by atoms with E-state index in [2.05, 4.69) is 0 Å². The summed E-state index contributed by atoms with van der Waals surface area (Å²) in [4.78, 5) is 13.9. The fourth-order valence-electron chi connectivity index (χ4n) is 1.93. The number of ether oxygens (including phenoxy) is 1. The Kier molecular flexibility index (Phi) is 4.54. The molecule has 0 aromatic carbocycles. The Morgan fingerprint density at radius 2 is 2.20 bits per heavy atom. The third-order valence-electron chi connectivity index (χ3n) is 2.78. The largest absolute Gasteiger partial charge is 0.365 e. The van der Waals surface area contributed by atoms with Gasteiger partial charge in [0.15, 0.2) is 0 Å². The molecule has 0 radical (unpaired) electrons. The van der Waals surface area contributed by atoms with E-state index in [4.69, 9.17) is 10.5 Å². The van der Waals surface area contributed by atoms with E-state index in [9.17, 15) is 4.79 Å². The van der Waals surface area contributed by atoms with Crippen LogP contribution in [0.3, 0.4) is 0 Å². The lowest BCUT2D eigenvalue weighted by atomic mass is 10.1. The lowest BCUT2D eigenvalue weighted by Gasteiger charge is -2.28. The molecule has 2 unspecified atom stereocenters. The second-order valence-corrected chi connectivity index (χ2v) is 4.43. The minimum atomic E-state index is -0.242. The summed E-state index contributed by atoms with van der Waals surface area (Å²) in [7, 11) is 0. The molecular weight excluding hydrogens is 192 g/mol. The van der Waals surface area contributed by atoms with Gasteiger partial charge < -0.3 is 15.4 Å². The molecule has 4 heteroatoms. The molecule has 1 aliphatic rings. The van der Waals surface area contributed by atoms with Gasteiger partial charge in [0.05, 0.1) is 6.10 Å². The molecule has 0 aliphatic carbocycles. The van der Waals surface area contributed by atoms with E-state index in [1.807, 2.05) is 25.7 Å². The molecule has 1 amide bonds. The second-order valence-electron chi connectivity index (χ2n) is 4.43. The number of nitrogens with zero attached hydrogens (tertiary/aromatic N) is 1. The fourth-order valence-corrected chi connectivity index (χ4v) is 1.93. The van der Waals surface area contributed by atoms with Gasteiger partial charge in [0.2, 0.25) is 0 Å². The Morgan fingerprint density at radius 3 is 2.60 bits per heavy atom. The highest BCUT2D eigenvalue weighted by Crippen LogP contribution is 2.21. The molecule has 0 aromatic heterocycles. The van der Waals surface area contributed by atoms with Crippen LogP contribution in [0.5, 0.6) is 0 Å². The first-order valence-corrected chi connectivity index (χ1v) is 5.72. The predicted octanol–water partition coefficient (Wildman–Crippen LogP) is 0.750. The Bertz CT molecular complexity index is 219. The molecule has 15 heavy (non-hydrogen) atoms. The van der Waals surface area contributed by atoms with Gasteiger partial charge in [-0.2, -0.15) is 0 Å². The molecule has 1 saturated heterocycles. The standard InChI is InChI=1S/C11H22N2O2/c1-8(2)13(7-6-12)11(14)10-5-4-9(3)15-10/h8-10H,4-7,12H2,1-3H3. The molecule has 2 atom stereocenters. The molecule has 1 heterocycles. The van der Waals surface area contributed by atoms with Crippen molar-refractivity contribution >= 4 is 5.91 Å². The van der Waals surface area contributed by atoms with Gasteiger partial charge in [-0.3, -0.25) is 4.79 Å². The normalized spacial score (nSPS) is 25.9. The third-order valence-corrected chi connectivity index (χ3v) is 2.78. The van der Waals surface area contributed by atoms with E-state index in [-0.39, 0.29) is 24.2 Å². The highest BCUT2D eigenvalue weighted by molar-refractivity contribution is 5.81. The predicted molar refractivity (Wildman–Crippen MR) is 59.5 cm³/mol. The minimum absolute atomic E-state index is 0.0970. The average Bonchev–Trinajstić information content (AvgIpc) is 2.59. The van der Waals surface area contributed by atoms with E-state index in [0.29, 0.717) is 13.1 Å². The zero-order valence-electron chi connectivity index (χ0n) is 9.90. The van der Waals surface area contributed by atoms with Crippen LogP contribution < -0.4 is 5.73 Å². The Balaban J connectivity index is 2.55. The van der Waals surface area contributed by atoms with Crippen LogP contribution in [0.25, 0.3) is 0 Å². The van der Waals surface area contributed by atoms with Crippen molar-refractivity contribution in [1.29, 1.82) is 0 Å². The topological polar surface area (TPSA) is 55.6 Å². The average molecular weight is 214 g/mol. The first-order valence-electron chi connectivity index (χ1n) is 5.72. The number of carbonyl (C=O) groups is 1. The van der Waals surface area contributed by atoms with Crippen LogP contribution in [-0.4, -0.2) is 42.1 Å². The van der Waals surface area contributed by atoms with Crippen molar-refractivity contribution in [3.05, 3.63) is 0 Å². The van der Waals surface area contributed by atoms with E-state index < -0.39 is 0 Å². The summed E-state index contributed by atoms with van der Waals surface area (Å²) in [6, 6.07) is 0.195. The van der Waals surface area contributed by atoms with Crippen LogP contribution in [0.4, 0.5) is 0 Å². The highest BCUT2D eigenvalue weighted by Gasteiger charge is 2.32. The summed E-state index contributed by atoms with van der Waals surface area (Å²) < 4.78 is 5.57. The number of rotatable bonds is 4. The van der Waals surface area contributed by atoms with Crippen LogP contribution in [-0.2, 0) is 9.53 Å². The van der Waals surface area contributed by atoms with Gasteiger partial charge in [0.25, 0.3) is 5.91 Å². The lowest BCUT2D eigenvalue weighted by Crippen LogP contribution is -2.45. The molecule has 1 rings (SSSR count). The molecule has 0 bridgehead atoms. The summed E-state index contributed by atoms with van der Waals surface area (Å²) in [6.45, 7) is 7.14. The van der Waals surface area contributed by atoms with E-state index in [0.717, 1.165) is 12.8 Å². The fraction of sp³-hybridized carbons (Fsp3) is 0.909. The molecule has 1 aliphatic heterocycles. The van der Waals surface area contributed by atoms with E-state index >= 15 is 0 Å². The van der Waals surface area contributed by atoms with Crippen molar-refractivity contribution in [1.82, 2.24) is 4.90 Å². The maximum Gasteiger partial charge on any atom is 0.251 e. The molecule has 88 valence electrons. The first-order chi connectivity index (χ1) is 7.06. The van der Waals surface area contributed by atoms with Crippen LogP contribution in [0.1, 0.15) is 33.6 Å². The Morgan fingerprint density at radius 1 is 1.53 bits per heavy atom. The second kappa shape index (κ2) is 5.47. The smallest absolute Gasteiger partial charge is 0.251 e. The van der Waals surface area contributed by atoms with Crippen molar-refractivity contribution in [2.45, 2.75) is 51.9 Å². The molecule has 0 saturated carbocycles. The summed E-state index contributed by atoms with van der Waals surface area (Å²) in [5.74, 6) is 0.0970. The number of hydrogen-bond acceptors (Lipinski definition) is 3. The van der Waals surface area contributed by atoms with Crippen molar-refractivity contribution in [3.8, 4) is 0 Å². The van der Waals surface area contributed by atoms with Gasteiger partial charge in [-0.15, -0.1) is 0 Å². The van der Waals surface area contributed by atoms with Gasteiger partial charge in [-0.25, -0.2) is 0 Å². The number of hydrogen-bond donors (Lipinski definition) is 1. The summed E-state index contributed by atoms with van der Waals surface area (Å²) >= 11 is 0. The van der Waals surface area contributed by atoms with Crippen LogP contribution in [0, 0.1) is 0 Å². The third kappa shape index (κ3) is 3.18. The van der Waals surface area contributed by atoms with Crippen LogP contribution >= 0.6 is 0 Å². The molecule has 2 N–H and O–H groups in total. The number of nitrogens with two attached hydrogens (primary N) is 1. The highest BCUT2D eigenvalue weighted by atomic mass is 16.5. The molecule has 1 fully saturated rings. The molecule has 0 aromatic rings. The first kappa shape index (κ1) is 12.5. The number of amides is 1.